The molecule has 0 atom stereocenters. The molecule has 5 N–H and O–H groups in total. The van der Waals surface area contributed by atoms with E-state index in [9.17, 15) is 9.59 Å². The molecule has 2 amide bonds. The third kappa shape index (κ3) is 2.73. The third-order valence-corrected chi connectivity index (χ3v) is 3.02. The van der Waals surface area contributed by atoms with E-state index in [0.717, 1.165) is 0 Å². The van der Waals surface area contributed by atoms with Crippen molar-refractivity contribution < 1.29 is 9.59 Å². The Morgan fingerprint density at radius 1 is 0.850 bits per heavy atom. The quantitative estimate of drug-likeness (QED) is 0.511. The fourth-order valence-electron chi connectivity index (χ4n) is 1.69. The van der Waals surface area contributed by atoms with Crippen molar-refractivity contribution in [1.29, 1.82) is 0 Å². The first-order chi connectivity index (χ1) is 9.50. The monoisotopic (exact) mass is 289 g/mol. The molecule has 1 heterocycles. The number of carbonyl (C=O) groups is 2. The Morgan fingerprint density at radius 2 is 1.45 bits per heavy atom. The zero-order valence-corrected chi connectivity index (χ0v) is 11.1. The zero-order valence-electron chi connectivity index (χ0n) is 10.4. The lowest BCUT2D eigenvalue weighted by molar-refractivity contribution is 0.0879. The molecule has 5 nitrogen and oxygen atoms in total. The summed E-state index contributed by atoms with van der Waals surface area (Å²) in [5.74, 6) is -0.793. The fourth-order valence-corrected chi connectivity index (χ4v) is 1.95. The summed E-state index contributed by atoms with van der Waals surface area (Å²) in [5.41, 5.74) is 12.7. The van der Waals surface area contributed by atoms with Crippen LogP contribution in [0.3, 0.4) is 0 Å². The van der Waals surface area contributed by atoms with Crippen molar-refractivity contribution in [3.63, 3.8) is 0 Å². The standard InChI is InChI=1S/C8H4ClNO2.C6H8N2/c9-5-3-1-2-4-6(5)8(12)10-7(4)11;7-5-3-1-2-4-6(5)8/h1-3H,(H,10,11,12);1-4H,7-8H2. The molecule has 3 rings (SSSR count). The Labute approximate surface area is 120 Å². The van der Waals surface area contributed by atoms with Gasteiger partial charge in [0.25, 0.3) is 11.8 Å². The molecule has 2 aromatic rings. The van der Waals surface area contributed by atoms with Crippen LogP contribution in [0.25, 0.3) is 0 Å². The Balaban J connectivity index is 0.000000160. The Morgan fingerprint density at radius 3 is 1.95 bits per heavy atom. The van der Waals surface area contributed by atoms with Crippen LogP contribution in [0, 0.1) is 0 Å². The van der Waals surface area contributed by atoms with Gasteiger partial charge in [-0.1, -0.05) is 29.8 Å². The van der Waals surface area contributed by atoms with Crippen molar-refractivity contribution in [2.24, 2.45) is 0 Å². The highest BCUT2D eigenvalue weighted by Crippen LogP contribution is 2.23. The molecule has 0 bridgehead atoms. The number of nitrogens with two attached hydrogens (primary N) is 2. The first-order valence-electron chi connectivity index (χ1n) is 5.75. The molecular weight excluding hydrogens is 278 g/mol. The van der Waals surface area contributed by atoms with Crippen molar-refractivity contribution >= 4 is 34.8 Å². The highest BCUT2D eigenvalue weighted by Gasteiger charge is 2.28. The molecule has 102 valence electrons. The lowest BCUT2D eigenvalue weighted by Crippen LogP contribution is -2.19. The number of hydrogen-bond acceptors (Lipinski definition) is 4. The summed E-state index contributed by atoms with van der Waals surface area (Å²) in [4.78, 5) is 22.1. The maximum atomic E-state index is 11.1. The van der Waals surface area contributed by atoms with Gasteiger partial charge < -0.3 is 11.5 Å². The second-order valence-corrected chi connectivity index (χ2v) is 4.48. The van der Waals surface area contributed by atoms with Gasteiger partial charge in [0, 0.05) is 0 Å². The summed E-state index contributed by atoms with van der Waals surface area (Å²) < 4.78 is 0. The van der Waals surface area contributed by atoms with Crippen LogP contribution in [0.15, 0.2) is 42.5 Å². The second kappa shape index (κ2) is 5.63. The predicted molar refractivity (Wildman–Crippen MR) is 78.5 cm³/mol. The molecule has 0 saturated heterocycles. The number of nitrogen functional groups attached to an aromatic ring is 2. The molecule has 2 aromatic carbocycles. The van der Waals surface area contributed by atoms with Crippen molar-refractivity contribution in [1.82, 2.24) is 5.32 Å². The van der Waals surface area contributed by atoms with Crippen LogP contribution in [-0.2, 0) is 0 Å². The first kappa shape index (κ1) is 13.9. The molecular formula is C14H12ClN3O2. The van der Waals surface area contributed by atoms with Crippen LogP contribution < -0.4 is 16.8 Å². The molecule has 0 radical (unpaired) electrons. The number of carbonyl (C=O) groups excluding carboxylic acids is 2. The summed E-state index contributed by atoms with van der Waals surface area (Å²) in [7, 11) is 0. The van der Waals surface area contributed by atoms with Crippen LogP contribution >= 0.6 is 11.6 Å². The molecule has 0 fully saturated rings. The normalized spacial score (nSPS) is 12.2. The second-order valence-electron chi connectivity index (χ2n) is 4.07. The van der Waals surface area contributed by atoms with Gasteiger partial charge in [-0.25, -0.2) is 0 Å². The average Bonchev–Trinajstić information content (AvgIpc) is 2.71. The number of halogens is 1. The minimum Gasteiger partial charge on any atom is -0.397 e. The zero-order chi connectivity index (χ0) is 14.7. The van der Waals surface area contributed by atoms with Crippen LogP contribution in [0.1, 0.15) is 20.7 Å². The van der Waals surface area contributed by atoms with Crippen LogP contribution in [0.5, 0.6) is 0 Å². The minimum atomic E-state index is -0.416. The molecule has 0 aromatic heterocycles. The van der Waals surface area contributed by atoms with Crippen molar-refractivity contribution in [3.8, 4) is 0 Å². The molecule has 0 spiro atoms. The van der Waals surface area contributed by atoms with Gasteiger partial charge in [-0.05, 0) is 24.3 Å². The van der Waals surface area contributed by atoms with Gasteiger partial charge >= 0.3 is 0 Å². The number of imide groups is 1. The van der Waals surface area contributed by atoms with Gasteiger partial charge in [0.2, 0.25) is 0 Å². The molecule has 0 aliphatic carbocycles. The van der Waals surface area contributed by atoms with Crippen LogP contribution in [-0.4, -0.2) is 11.8 Å². The number of benzene rings is 2. The summed E-state index contributed by atoms with van der Waals surface area (Å²) >= 11 is 5.72. The number of anilines is 2. The van der Waals surface area contributed by atoms with Crippen molar-refractivity contribution in [2.45, 2.75) is 0 Å². The SMILES string of the molecule is Nc1ccccc1N.O=C1NC(=O)c2c(Cl)cccc21. The summed E-state index contributed by atoms with van der Waals surface area (Å²) in [5, 5.41) is 2.48. The molecule has 20 heavy (non-hydrogen) atoms. The number of nitrogens with one attached hydrogen (secondary N) is 1. The topological polar surface area (TPSA) is 98.2 Å². The van der Waals surface area contributed by atoms with E-state index in [1.165, 1.54) is 0 Å². The largest absolute Gasteiger partial charge is 0.397 e. The lowest BCUT2D eigenvalue weighted by atomic mass is 10.1. The minimum absolute atomic E-state index is 0.282. The van der Waals surface area contributed by atoms with Gasteiger partial charge in [-0.3, -0.25) is 14.9 Å². The van der Waals surface area contributed by atoms with Gasteiger partial charge in [0.1, 0.15) is 0 Å². The number of rotatable bonds is 0. The van der Waals surface area contributed by atoms with Gasteiger partial charge in [-0.15, -0.1) is 0 Å². The highest BCUT2D eigenvalue weighted by molar-refractivity contribution is 6.37. The maximum absolute atomic E-state index is 11.1. The summed E-state index contributed by atoms with van der Waals surface area (Å²) in [6.45, 7) is 0. The third-order valence-electron chi connectivity index (χ3n) is 2.71. The lowest BCUT2D eigenvalue weighted by Gasteiger charge is -1.94. The number of fused-ring (bicyclic) bond motifs is 1. The van der Waals surface area contributed by atoms with E-state index in [-0.39, 0.29) is 11.5 Å². The smallest absolute Gasteiger partial charge is 0.260 e. The molecule has 1 aliphatic rings. The van der Waals surface area contributed by atoms with E-state index >= 15 is 0 Å². The van der Waals surface area contributed by atoms with Crippen molar-refractivity contribution in [2.75, 3.05) is 11.5 Å². The number of amides is 2. The Kier molecular flexibility index (Phi) is 3.91. The van der Waals surface area contributed by atoms with E-state index in [2.05, 4.69) is 5.32 Å². The Hall–Kier alpha value is -2.53. The molecule has 0 unspecified atom stereocenters. The average molecular weight is 290 g/mol. The van der Waals surface area contributed by atoms with Gasteiger partial charge in [0.05, 0.1) is 27.5 Å². The Bertz CT molecular complexity index is 665. The maximum Gasteiger partial charge on any atom is 0.260 e. The summed E-state index contributed by atoms with van der Waals surface area (Å²) in [6.07, 6.45) is 0. The van der Waals surface area contributed by atoms with E-state index < -0.39 is 5.91 Å². The number of hydrogen-bond donors (Lipinski definition) is 3. The number of para-hydroxylation sites is 2. The predicted octanol–water partition coefficient (Wildman–Crippen LogP) is 2.07. The summed E-state index contributed by atoms with van der Waals surface area (Å²) in [6, 6.07) is 12.0. The highest BCUT2D eigenvalue weighted by atomic mass is 35.5. The van der Waals surface area contributed by atoms with E-state index in [0.29, 0.717) is 22.0 Å². The molecule has 6 heteroatoms. The van der Waals surface area contributed by atoms with Gasteiger partial charge in [0.15, 0.2) is 0 Å². The van der Waals surface area contributed by atoms with E-state index in [1.54, 1.807) is 30.3 Å². The van der Waals surface area contributed by atoms with E-state index in [1.807, 2.05) is 12.1 Å². The van der Waals surface area contributed by atoms with Crippen LogP contribution in [0.2, 0.25) is 5.02 Å². The molecule has 1 aliphatic heterocycles. The van der Waals surface area contributed by atoms with Crippen LogP contribution in [0.4, 0.5) is 11.4 Å². The fraction of sp³-hybridized carbons (Fsp3) is 0. The van der Waals surface area contributed by atoms with E-state index in [4.69, 9.17) is 23.1 Å². The first-order valence-corrected chi connectivity index (χ1v) is 6.12. The van der Waals surface area contributed by atoms with Crippen molar-refractivity contribution in [3.05, 3.63) is 58.6 Å². The molecule has 0 saturated carbocycles. The van der Waals surface area contributed by atoms with Gasteiger partial charge in [-0.2, -0.15) is 0 Å².